The molecule has 2 amide bonds. The molecule has 0 heterocycles. The molecule has 0 bridgehead atoms. The Balaban J connectivity index is 1.54. The van der Waals surface area contributed by atoms with E-state index in [4.69, 9.17) is 0 Å². The molecule has 3 rings (SSSR count). The number of hydrogen-bond acceptors (Lipinski definition) is 2. The Morgan fingerprint density at radius 2 is 1.70 bits per heavy atom. The molecule has 142 valence electrons. The predicted molar refractivity (Wildman–Crippen MR) is 108 cm³/mol. The molecule has 4 nitrogen and oxygen atoms in total. The van der Waals surface area contributed by atoms with Gasteiger partial charge in [-0.05, 0) is 86.4 Å². The van der Waals surface area contributed by atoms with E-state index in [-0.39, 0.29) is 24.4 Å². The van der Waals surface area contributed by atoms with Crippen molar-refractivity contribution in [2.24, 2.45) is 0 Å². The summed E-state index contributed by atoms with van der Waals surface area (Å²) in [6.45, 7) is 5.93. The molecule has 1 aliphatic carbocycles. The van der Waals surface area contributed by atoms with Gasteiger partial charge in [0.1, 0.15) is 0 Å². The van der Waals surface area contributed by atoms with E-state index in [1.165, 1.54) is 24.0 Å². The summed E-state index contributed by atoms with van der Waals surface area (Å²) in [5.74, 6) is -0.410. The number of aryl methyl sites for hydroxylation is 4. The lowest BCUT2D eigenvalue weighted by molar-refractivity contribution is -0.120. The van der Waals surface area contributed by atoms with Crippen molar-refractivity contribution in [3.05, 3.63) is 69.8 Å². The first-order valence-corrected chi connectivity index (χ1v) is 9.70. The molecule has 0 radical (unpaired) electrons. The zero-order valence-corrected chi connectivity index (χ0v) is 16.4. The van der Waals surface area contributed by atoms with Crippen molar-refractivity contribution >= 4 is 11.8 Å². The molecule has 2 aromatic rings. The highest BCUT2D eigenvalue weighted by molar-refractivity contribution is 5.96. The fourth-order valence-corrected chi connectivity index (χ4v) is 3.54. The van der Waals surface area contributed by atoms with E-state index >= 15 is 0 Å². The van der Waals surface area contributed by atoms with Crippen LogP contribution < -0.4 is 10.6 Å². The van der Waals surface area contributed by atoms with Crippen molar-refractivity contribution in [3.63, 3.8) is 0 Å². The molecule has 2 N–H and O–H groups in total. The number of fused-ring (bicyclic) bond motifs is 1. The van der Waals surface area contributed by atoms with Crippen LogP contribution in [0.2, 0.25) is 0 Å². The molecule has 0 saturated carbocycles. The van der Waals surface area contributed by atoms with Gasteiger partial charge in [-0.1, -0.05) is 24.3 Å². The van der Waals surface area contributed by atoms with Gasteiger partial charge in [0.15, 0.2) is 0 Å². The average molecular weight is 364 g/mol. The smallest absolute Gasteiger partial charge is 0.251 e. The van der Waals surface area contributed by atoms with Crippen molar-refractivity contribution in [2.45, 2.75) is 52.5 Å². The normalized spacial score (nSPS) is 14.2. The zero-order chi connectivity index (χ0) is 19.4. The van der Waals surface area contributed by atoms with E-state index < -0.39 is 0 Å². The SMILES string of the molecule is Cc1ccc(C(=O)NCC(=O)NC(C)c2ccc3c(c2)CCCC3)cc1C. The summed E-state index contributed by atoms with van der Waals surface area (Å²) in [5.41, 5.74) is 6.74. The maximum absolute atomic E-state index is 12.2. The van der Waals surface area contributed by atoms with Gasteiger partial charge < -0.3 is 10.6 Å². The van der Waals surface area contributed by atoms with Crippen LogP contribution in [0.4, 0.5) is 0 Å². The number of carbonyl (C=O) groups is 2. The van der Waals surface area contributed by atoms with Crippen molar-refractivity contribution in [3.8, 4) is 0 Å². The Labute approximate surface area is 161 Å². The highest BCUT2D eigenvalue weighted by Crippen LogP contribution is 2.24. The summed E-state index contributed by atoms with van der Waals surface area (Å²) < 4.78 is 0. The molecule has 4 heteroatoms. The summed E-state index contributed by atoms with van der Waals surface area (Å²) in [7, 11) is 0. The van der Waals surface area contributed by atoms with Crippen LogP contribution >= 0.6 is 0 Å². The number of nitrogens with one attached hydrogen (secondary N) is 2. The summed E-state index contributed by atoms with van der Waals surface area (Å²) in [5, 5.41) is 5.68. The van der Waals surface area contributed by atoms with Crippen LogP contribution in [0.1, 0.15) is 64.0 Å². The Morgan fingerprint density at radius 3 is 2.44 bits per heavy atom. The van der Waals surface area contributed by atoms with Gasteiger partial charge in [0.2, 0.25) is 5.91 Å². The topological polar surface area (TPSA) is 58.2 Å². The van der Waals surface area contributed by atoms with Crippen LogP contribution in [0.5, 0.6) is 0 Å². The monoisotopic (exact) mass is 364 g/mol. The van der Waals surface area contributed by atoms with Crippen molar-refractivity contribution in [1.82, 2.24) is 10.6 Å². The van der Waals surface area contributed by atoms with Gasteiger partial charge in [0, 0.05) is 5.56 Å². The fourth-order valence-electron chi connectivity index (χ4n) is 3.54. The summed E-state index contributed by atoms with van der Waals surface area (Å²) in [4.78, 5) is 24.5. The molecule has 0 saturated heterocycles. The minimum Gasteiger partial charge on any atom is -0.348 e. The van der Waals surface area contributed by atoms with Gasteiger partial charge in [-0.3, -0.25) is 9.59 Å². The fraction of sp³-hybridized carbons (Fsp3) is 0.391. The first-order valence-electron chi connectivity index (χ1n) is 9.70. The first kappa shape index (κ1) is 19.2. The largest absolute Gasteiger partial charge is 0.348 e. The second-order valence-corrected chi connectivity index (χ2v) is 7.51. The van der Waals surface area contributed by atoms with Gasteiger partial charge in [0.05, 0.1) is 12.6 Å². The lowest BCUT2D eigenvalue weighted by Crippen LogP contribution is -2.38. The highest BCUT2D eigenvalue weighted by atomic mass is 16.2. The van der Waals surface area contributed by atoms with Crippen LogP contribution in [0.25, 0.3) is 0 Å². The third-order valence-electron chi connectivity index (χ3n) is 5.43. The van der Waals surface area contributed by atoms with Crippen LogP contribution in [0.15, 0.2) is 36.4 Å². The van der Waals surface area contributed by atoms with Crippen LogP contribution in [0.3, 0.4) is 0 Å². The summed E-state index contributed by atoms with van der Waals surface area (Å²) in [6, 6.07) is 12.0. The maximum atomic E-state index is 12.2. The predicted octanol–water partition coefficient (Wildman–Crippen LogP) is 3.79. The van der Waals surface area contributed by atoms with Gasteiger partial charge in [0.25, 0.3) is 5.91 Å². The summed E-state index contributed by atoms with van der Waals surface area (Å²) in [6.07, 6.45) is 4.78. The van der Waals surface area contributed by atoms with E-state index in [0.29, 0.717) is 5.56 Å². The highest BCUT2D eigenvalue weighted by Gasteiger charge is 2.15. The molecule has 0 aliphatic heterocycles. The first-order chi connectivity index (χ1) is 12.9. The van der Waals surface area contributed by atoms with Crippen LogP contribution in [0, 0.1) is 13.8 Å². The van der Waals surface area contributed by atoms with Gasteiger partial charge >= 0.3 is 0 Å². The Morgan fingerprint density at radius 1 is 0.963 bits per heavy atom. The van der Waals surface area contributed by atoms with Crippen LogP contribution in [-0.2, 0) is 17.6 Å². The van der Waals surface area contributed by atoms with Gasteiger partial charge in [-0.2, -0.15) is 0 Å². The third kappa shape index (κ3) is 4.76. The molecule has 1 unspecified atom stereocenters. The number of amides is 2. The molecular formula is C23H28N2O2. The standard InChI is InChI=1S/C23H28N2O2/c1-15-8-9-21(12-16(15)2)23(27)24-14-22(26)25-17(3)19-11-10-18-6-4-5-7-20(18)13-19/h8-13,17H,4-7,14H2,1-3H3,(H,24,27)(H,25,26). The molecule has 2 aromatic carbocycles. The van der Waals surface area contributed by atoms with Crippen molar-refractivity contribution in [2.75, 3.05) is 6.54 Å². The number of rotatable bonds is 5. The van der Waals surface area contributed by atoms with E-state index in [1.54, 1.807) is 6.07 Å². The molecule has 1 aliphatic rings. The third-order valence-corrected chi connectivity index (χ3v) is 5.43. The molecule has 0 aromatic heterocycles. The molecule has 0 fully saturated rings. The second-order valence-electron chi connectivity index (χ2n) is 7.51. The number of benzene rings is 2. The second kappa shape index (κ2) is 8.38. The zero-order valence-electron chi connectivity index (χ0n) is 16.4. The Bertz CT molecular complexity index is 857. The summed E-state index contributed by atoms with van der Waals surface area (Å²) >= 11 is 0. The van der Waals surface area contributed by atoms with E-state index in [2.05, 4.69) is 28.8 Å². The number of carbonyl (C=O) groups excluding carboxylic acids is 2. The molecular weight excluding hydrogens is 336 g/mol. The Kier molecular flexibility index (Phi) is 5.94. The van der Waals surface area contributed by atoms with Crippen molar-refractivity contribution < 1.29 is 9.59 Å². The quantitative estimate of drug-likeness (QED) is 0.848. The van der Waals surface area contributed by atoms with Gasteiger partial charge in [-0.25, -0.2) is 0 Å². The lowest BCUT2D eigenvalue weighted by atomic mass is 9.89. The van der Waals surface area contributed by atoms with E-state index in [1.807, 2.05) is 32.9 Å². The van der Waals surface area contributed by atoms with E-state index in [0.717, 1.165) is 29.5 Å². The van der Waals surface area contributed by atoms with Crippen molar-refractivity contribution in [1.29, 1.82) is 0 Å². The average Bonchev–Trinajstić information content (AvgIpc) is 2.67. The minimum absolute atomic E-state index is 0.0267. The van der Waals surface area contributed by atoms with E-state index in [9.17, 15) is 9.59 Å². The minimum atomic E-state index is -0.227. The molecule has 0 spiro atoms. The number of hydrogen-bond donors (Lipinski definition) is 2. The maximum Gasteiger partial charge on any atom is 0.251 e. The Hall–Kier alpha value is -2.62. The molecule has 27 heavy (non-hydrogen) atoms. The lowest BCUT2D eigenvalue weighted by Gasteiger charge is -2.20. The molecule has 1 atom stereocenters. The van der Waals surface area contributed by atoms with Gasteiger partial charge in [-0.15, -0.1) is 0 Å². The van der Waals surface area contributed by atoms with Crippen LogP contribution in [-0.4, -0.2) is 18.4 Å².